The van der Waals surface area contributed by atoms with Crippen LogP contribution in [0.3, 0.4) is 0 Å². The van der Waals surface area contributed by atoms with E-state index >= 15 is 0 Å². The Bertz CT molecular complexity index is 1220. The molecule has 0 saturated heterocycles. The minimum Gasteiger partial charge on any atom is -0.313 e. The monoisotopic (exact) mass is 487 g/mol. The van der Waals surface area contributed by atoms with Crippen LogP contribution in [0.25, 0.3) is 20.8 Å². The molecule has 1 aliphatic rings. The van der Waals surface area contributed by atoms with Gasteiger partial charge < -0.3 is 10.2 Å². The fourth-order valence-electron chi connectivity index (χ4n) is 3.83. The van der Waals surface area contributed by atoms with Crippen molar-refractivity contribution in [3.05, 3.63) is 64.5 Å². The molecule has 2 aromatic heterocycles. The van der Waals surface area contributed by atoms with E-state index in [0.29, 0.717) is 5.56 Å². The lowest BCUT2D eigenvalue weighted by Crippen LogP contribution is -2.25. The third-order valence-corrected chi connectivity index (χ3v) is 8.32. The number of rotatable bonds is 4. The largest absolute Gasteiger partial charge is 0.313 e. The van der Waals surface area contributed by atoms with Crippen LogP contribution in [0.2, 0.25) is 0 Å². The highest BCUT2D eigenvalue weighted by Crippen LogP contribution is 2.45. The SMILES string of the molecule is CSc1ccccc1C(=O)Nc1sc2c(c1-c1nc3ccccc3s1)CCN(C)C2.Cl. The van der Waals surface area contributed by atoms with Gasteiger partial charge >= 0.3 is 0 Å². The van der Waals surface area contributed by atoms with Gasteiger partial charge in [0.1, 0.15) is 10.0 Å². The quantitative estimate of drug-likeness (QED) is 0.338. The van der Waals surface area contributed by atoms with E-state index in [-0.39, 0.29) is 18.3 Å². The number of hydrogen-bond acceptors (Lipinski definition) is 6. The van der Waals surface area contributed by atoms with Gasteiger partial charge in [-0.25, -0.2) is 4.98 Å². The molecule has 0 fully saturated rings. The molecule has 1 amide bonds. The van der Waals surface area contributed by atoms with E-state index in [0.717, 1.165) is 45.5 Å². The van der Waals surface area contributed by atoms with E-state index < -0.39 is 0 Å². The number of carbonyl (C=O) groups excluding carboxylic acids is 1. The van der Waals surface area contributed by atoms with Crippen molar-refractivity contribution >= 4 is 68.0 Å². The molecule has 1 N–H and O–H groups in total. The summed E-state index contributed by atoms with van der Waals surface area (Å²) in [6.45, 7) is 1.93. The van der Waals surface area contributed by atoms with Gasteiger partial charge in [0.25, 0.3) is 5.91 Å². The third kappa shape index (κ3) is 4.25. The Hall–Kier alpha value is -1.90. The highest BCUT2D eigenvalue weighted by molar-refractivity contribution is 7.98. The van der Waals surface area contributed by atoms with Crippen LogP contribution < -0.4 is 5.32 Å². The molecule has 0 atom stereocenters. The molecule has 3 heterocycles. The summed E-state index contributed by atoms with van der Waals surface area (Å²) < 4.78 is 1.17. The topological polar surface area (TPSA) is 45.2 Å². The van der Waals surface area contributed by atoms with E-state index in [1.54, 1.807) is 34.4 Å². The van der Waals surface area contributed by atoms with E-state index in [1.807, 2.05) is 42.7 Å². The molecule has 160 valence electrons. The fraction of sp³-hybridized carbons (Fsp3) is 0.217. The number of anilines is 1. The normalized spacial score (nSPS) is 13.6. The molecule has 4 nitrogen and oxygen atoms in total. The zero-order valence-corrected chi connectivity index (χ0v) is 20.4. The first-order valence-electron chi connectivity index (χ1n) is 9.77. The zero-order valence-electron chi connectivity index (χ0n) is 17.2. The number of likely N-dealkylation sites (N-methyl/N-ethyl adjacent to an activating group) is 1. The fourth-order valence-corrected chi connectivity index (χ4v) is 6.86. The highest BCUT2D eigenvalue weighted by atomic mass is 35.5. The number of thiophene rings is 1. The Kier molecular flexibility index (Phi) is 6.69. The maximum atomic E-state index is 13.2. The van der Waals surface area contributed by atoms with Crippen molar-refractivity contribution < 1.29 is 4.79 Å². The smallest absolute Gasteiger partial charge is 0.257 e. The molecular formula is C23H22ClN3OS3. The molecule has 0 spiro atoms. The number of hydrogen-bond donors (Lipinski definition) is 1. The van der Waals surface area contributed by atoms with Gasteiger partial charge in [0.05, 0.1) is 15.8 Å². The number of amides is 1. The summed E-state index contributed by atoms with van der Waals surface area (Å²) in [5.74, 6) is -0.0609. The van der Waals surface area contributed by atoms with Gasteiger partial charge in [-0.15, -0.1) is 46.8 Å². The number of thioether (sulfide) groups is 1. The number of benzene rings is 2. The lowest BCUT2D eigenvalue weighted by Gasteiger charge is -2.22. The van der Waals surface area contributed by atoms with Crippen molar-refractivity contribution in [1.29, 1.82) is 0 Å². The first kappa shape index (κ1) is 22.3. The van der Waals surface area contributed by atoms with Crippen molar-refractivity contribution in [2.75, 3.05) is 25.2 Å². The molecule has 2 aromatic carbocycles. The van der Waals surface area contributed by atoms with Gasteiger partial charge in [-0.1, -0.05) is 24.3 Å². The number of para-hydroxylation sites is 1. The van der Waals surface area contributed by atoms with Crippen molar-refractivity contribution in [2.24, 2.45) is 0 Å². The van der Waals surface area contributed by atoms with Crippen molar-refractivity contribution in [2.45, 2.75) is 17.9 Å². The Morgan fingerprint density at radius 3 is 2.71 bits per heavy atom. The second-order valence-electron chi connectivity index (χ2n) is 7.34. The number of nitrogens with zero attached hydrogens (tertiary/aromatic N) is 2. The Morgan fingerprint density at radius 2 is 1.90 bits per heavy atom. The molecule has 0 radical (unpaired) electrons. The summed E-state index contributed by atoms with van der Waals surface area (Å²) in [4.78, 5) is 22.7. The van der Waals surface area contributed by atoms with Crippen LogP contribution in [-0.4, -0.2) is 35.6 Å². The number of nitrogens with one attached hydrogen (secondary N) is 1. The average molecular weight is 488 g/mol. The molecule has 8 heteroatoms. The van der Waals surface area contributed by atoms with Crippen LogP contribution in [0.5, 0.6) is 0 Å². The first-order chi connectivity index (χ1) is 14.6. The van der Waals surface area contributed by atoms with Crippen molar-refractivity contribution in [3.63, 3.8) is 0 Å². The molecule has 0 aliphatic carbocycles. The predicted molar refractivity (Wildman–Crippen MR) is 136 cm³/mol. The maximum absolute atomic E-state index is 13.2. The van der Waals surface area contributed by atoms with Crippen LogP contribution >= 0.6 is 46.8 Å². The van der Waals surface area contributed by atoms with Gasteiger partial charge in [0.15, 0.2) is 0 Å². The molecule has 31 heavy (non-hydrogen) atoms. The summed E-state index contributed by atoms with van der Waals surface area (Å²) in [6.07, 6.45) is 2.98. The molecule has 0 unspecified atom stereocenters. The van der Waals surface area contributed by atoms with Gasteiger partial charge in [-0.3, -0.25) is 4.79 Å². The minimum atomic E-state index is -0.0609. The molecule has 0 bridgehead atoms. The Morgan fingerprint density at radius 1 is 1.13 bits per heavy atom. The van der Waals surface area contributed by atoms with Crippen LogP contribution in [0.4, 0.5) is 5.00 Å². The average Bonchev–Trinajstić information content (AvgIpc) is 3.33. The summed E-state index contributed by atoms with van der Waals surface area (Å²) >= 11 is 4.98. The summed E-state index contributed by atoms with van der Waals surface area (Å²) in [6, 6.07) is 16.0. The van der Waals surface area contributed by atoms with Gasteiger partial charge in [0.2, 0.25) is 0 Å². The van der Waals surface area contributed by atoms with Gasteiger partial charge in [-0.2, -0.15) is 0 Å². The number of thiazole rings is 1. The Balaban J connectivity index is 0.00000231. The van der Waals surface area contributed by atoms with Gasteiger partial charge in [0, 0.05) is 28.4 Å². The van der Waals surface area contributed by atoms with Crippen LogP contribution in [0.1, 0.15) is 20.8 Å². The lowest BCUT2D eigenvalue weighted by atomic mass is 10.0. The van der Waals surface area contributed by atoms with Gasteiger partial charge in [-0.05, 0) is 49.6 Å². The number of aromatic nitrogens is 1. The van der Waals surface area contributed by atoms with E-state index in [2.05, 4.69) is 29.4 Å². The van der Waals surface area contributed by atoms with E-state index in [4.69, 9.17) is 4.98 Å². The van der Waals surface area contributed by atoms with Crippen LogP contribution in [-0.2, 0) is 13.0 Å². The standard InChI is InChI=1S/C23H21N3OS3.ClH/c1-26-12-11-14-19(13-26)30-23(25-21(27)15-7-3-5-9-17(15)28-2)20(14)22-24-16-8-4-6-10-18(16)29-22;/h3-10H,11-13H2,1-2H3,(H,25,27);1H. The highest BCUT2D eigenvalue weighted by Gasteiger charge is 2.27. The lowest BCUT2D eigenvalue weighted by molar-refractivity contribution is 0.102. The predicted octanol–water partition coefficient (Wildman–Crippen LogP) is 6.41. The number of fused-ring (bicyclic) bond motifs is 2. The van der Waals surface area contributed by atoms with E-state index in [9.17, 15) is 4.79 Å². The molecule has 5 rings (SSSR count). The van der Waals surface area contributed by atoms with Crippen molar-refractivity contribution in [1.82, 2.24) is 9.88 Å². The number of carbonyl (C=O) groups is 1. The summed E-state index contributed by atoms with van der Waals surface area (Å²) in [7, 11) is 2.15. The molecule has 0 saturated carbocycles. The van der Waals surface area contributed by atoms with Crippen molar-refractivity contribution in [3.8, 4) is 10.6 Å². The van der Waals surface area contributed by atoms with E-state index in [1.165, 1.54) is 15.1 Å². The first-order valence-corrected chi connectivity index (χ1v) is 12.6. The molecule has 4 aromatic rings. The number of halogens is 1. The van der Waals surface area contributed by atoms with Crippen LogP contribution in [0.15, 0.2) is 53.4 Å². The second kappa shape index (κ2) is 9.30. The Labute approximate surface area is 200 Å². The third-order valence-electron chi connectivity index (χ3n) is 5.33. The summed E-state index contributed by atoms with van der Waals surface area (Å²) in [5, 5.41) is 5.14. The molecule has 1 aliphatic heterocycles. The minimum absolute atomic E-state index is 0. The summed E-state index contributed by atoms with van der Waals surface area (Å²) in [5.41, 5.74) is 4.17. The zero-order chi connectivity index (χ0) is 20.7. The molecular weight excluding hydrogens is 466 g/mol. The second-order valence-corrected chi connectivity index (χ2v) is 10.3. The van der Waals surface area contributed by atoms with Crippen LogP contribution in [0, 0.1) is 0 Å². The maximum Gasteiger partial charge on any atom is 0.257 e.